The minimum Gasteiger partial charge on any atom is -0.481 e. The molecule has 0 atom stereocenters. The van der Waals surface area contributed by atoms with Crippen molar-refractivity contribution in [2.24, 2.45) is 0 Å². The molecule has 1 amide bonds. The molecule has 1 aromatic rings. The van der Waals surface area contributed by atoms with Gasteiger partial charge in [0.15, 0.2) is 0 Å². The molecule has 100 valence electrons. The summed E-state index contributed by atoms with van der Waals surface area (Å²) in [6.45, 7) is 0. The summed E-state index contributed by atoms with van der Waals surface area (Å²) in [7, 11) is 0. The summed E-state index contributed by atoms with van der Waals surface area (Å²) in [5.74, 6) is -0.912. The van der Waals surface area contributed by atoms with Gasteiger partial charge < -0.3 is 10.4 Å². The lowest BCUT2D eigenvalue weighted by atomic mass is 10.1. The van der Waals surface area contributed by atoms with Gasteiger partial charge in [-0.15, -0.1) is 11.8 Å². The standard InChI is InChI=1S/C11H10N2O5S/c14-10-4-6-3-8(13(17)18)9(5-7(6)12-10)19-2-1-11(15)16/h3,5H,1-2,4H2,(H,12,14)(H,15,16). The number of carboxylic acid groups (broad SMARTS) is 1. The second-order valence-electron chi connectivity index (χ2n) is 3.95. The fourth-order valence-electron chi connectivity index (χ4n) is 1.75. The number of nitrogens with one attached hydrogen (secondary N) is 1. The fraction of sp³-hybridized carbons (Fsp3) is 0.273. The number of hydrogen-bond acceptors (Lipinski definition) is 5. The molecule has 1 aromatic carbocycles. The molecule has 19 heavy (non-hydrogen) atoms. The van der Waals surface area contributed by atoms with Crippen LogP contribution in [0.3, 0.4) is 0 Å². The van der Waals surface area contributed by atoms with E-state index >= 15 is 0 Å². The third-order valence-electron chi connectivity index (χ3n) is 2.58. The number of anilines is 1. The molecule has 0 fully saturated rings. The first-order valence-electron chi connectivity index (χ1n) is 5.43. The number of carboxylic acids is 1. The summed E-state index contributed by atoms with van der Waals surface area (Å²) >= 11 is 1.10. The van der Waals surface area contributed by atoms with Crippen LogP contribution in [-0.4, -0.2) is 27.7 Å². The van der Waals surface area contributed by atoms with Crippen LogP contribution in [0.5, 0.6) is 0 Å². The lowest BCUT2D eigenvalue weighted by Gasteiger charge is -2.05. The van der Waals surface area contributed by atoms with Crippen molar-refractivity contribution in [3.8, 4) is 0 Å². The summed E-state index contributed by atoms with van der Waals surface area (Å²) in [4.78, 5) is 32.5. The van der Waals surface area contributed by atoms with E-state index in [0.717, 1.165) is 11.8 Å². The van der Waals surface area contributed by atoms with Gasteiger partial charge in [0.1, 0.15) is 0 Å². The number of nitrogens with zero attached hydrogens (tertiary/aromatic N) is 1. The van der Waals surface area contributed by atoms with E-state index < -0.39 is 10.9 Å². The highest BCUT2D eigenvalue weighted by molar-refractivity contribution is 7.99. The zero-order chi connectivity index (χ0) is 14.0. The Labute approximate surface area is 112 Å². The van der Waals surface area contributed by atoms with E-state index in [1.165, 1.54) is 12.1 Å². The first-order valence-corrected chi connectivity index (χ1v) is 6.41. The maximum Gasteiger partial charge on any atom is 0.304 e. The minimum absolute atomic E-state index is 0.0781. The third-order valence-corrected chi connectivity index (χ3v) is 3.63. The van der Waals surface area contributed by atoms with E-state index in [0.29, 0.717) is 16.1 Å². The number of nitro benzene ring substituents is 1. The second-order valence-corrected chi connectivity index (χ2v) is 5.09. The molecule has 7 nitrogen and oxygen atoms in total. The van der Waals surface area contributed by atoms with Crippen LogP contribution in [0, 0.1) is 10.1 Å². The van der Waals surface area contributed by atoms with Gasteiger partial charge in [0.05, 0.1) is 22.7 Å². The number of benzene rings is 1. The predicted molar refractivity (Wildman–Crippen MR) is 68.4 cm³/mol. The molecular weight excluding hydrogens is 272 g/mol. The Bertz CT molecular complexity index is 572. The topological polar surface area (TPSA) is 110 Å². The SMILES string of the molecule is O=C(O)CCSc1cc2c(cc1[N+](=O)[O-])CC(=O)N2. The van der Waals surface area contributed by atoms with E-state index in [-0.39, 0.29) is 30.2 Å². The summed E-state index contributed by atoms with van der Waals surface area (Å²) < 4.78 is 0. The molecule has 0 bridgehead atoms. The molecular formula is C11H10N2O5S. The number of carbonyl (C=O) groups is 2. The lowest BCUT2D eigenvalue weighted by molar-refractivity contribution is -0.387. The van der Waals surface area contributed by atoms with E-state index in [1.54, 1.807) is 0 Å². The summed E-state index contributed by atoms with van der Waals surface area (Å²) in [5, 5.41) is 22.1. The molecule has 8 heteroatoms. The number of carbonyl (C=O) groups excluding carboxylic acids is 1. The van der Waals surface area contributed by atoms with Crippen molar-refractivity contribution < 1.29 is 19.6 Å². The summed E-state index contributed by atoms with van der Waals surface area (Å²) in [6.07, 6.45) is 0.0571. The van der Waals surface area contributed by atoms with Gasteiger partial charge in [-0.1, -0.05) is 0 Å². The Kier molecular flexibility index (Phi) is 3.70. The largest absolute Gasteiger partial charge is 0.481 e. The van der Waals surface area contributed by atoms with Gasteiger partial charge in [0, 0.05) is 17.5 Å². The number of thioether (sulfide) groups is 1. The van der Waals surface area contributed by atoms with Crippen LogP contribution in [0.25, 0.3) is 0 Å². The predicted octanol–water partition coefficient (Wildman–Crippen LogP) is 1.66. The molecule has 0 aromatic heterocycles. The molecule has 2 N–H and O–H groups in total. The van der Waals surface area contributed by atoms with Crippen LogP contribution in [0.15, 0.2) is 17.0 Å². The van der Waals surface area contributed by atoms with Crippen LogP contribution in [-0.2, 0) is 16.0 Å². The van der Waals surface area contributed by atoms with Crippen molar-refractivity contribution in [1.29, 1.82) is 0 Å². The first-order chi connectivity index (χ1) is 8.97. The van der Waals surface area contributed by atoms with Gasteiger partial charge in [-0.05, 0) is 11.6 Å². The van der Waals surface area contributed by atoms with Crippen molar-refractivity contribution in [3.63, 3.8) is 0 Å². The van der Waals surface area contributed by atoms with Gasteiger partial charge in [-0.25, -0.2) is 0 Å². The molecule has 0 radical (unpaired) electrons. The fourth-order valence-corrected chi connectivity index (χ4v) is 2.73. The van der Waals surface area contributed by atoms with Crippen molar-refractivity contribution in [2.75, 3.05) is 11.1 Å². The Morgan fingerprint density at radius 3 is 2.89 bits per heavy atom. The average Bonchev–Trinajstić information content (AvgIpc) is 2.66. The number of hydrogen-bond donors (Lipinski definition) is 2. The Morgan fingerprint density at radius 2 is 2.26 bits per heavy atom. The van der Waals surface area contributed by atoms with Crippen LogP contribution in [0.2, 0.25) is 0 Å². The maximum atomic E-state index is 11.2. The number of amides is 1. The normalized spacial score (nSPS) is 12.9. The van der Waals surface area contributed by atoms with E-state index in [9.17, 15) is 19.7 Å². The van der Waals surface area contributed by atoms with Gasteiger partial charge >= 0.3 is 5.97 Å². The average molecular weight is 282 g/mol. The van der Waals surface area contributed by atoms with Crippen LogP contribution >= 0.6 is 11.8 Å². The Balaban J connectivity index is 2.26. The van der Waals surface area contributed by atoms with Crippen LogP contribution in [0.1, 0.15) is 12.0 Å². The second kappa shape index (κ2) is 5.27. The monoisotopic (exact) mass is 282 g/mol. The van der Waals surface area contributed by atoms with Crippen molar-refractivity contribution in [1.82, 2.24) is 0 Å². The Hall–Kier alpha value is -2.09. The molecule has 0 spiro atoms. The van der Waals surface area contributed by atoms with Gasteiger partial charge in [0.2, 0.25) is 5.91 Å². The number of aliphatic carboxylic acids is 1. The van der Waals surface area contributed by atoms with Gasteiger partial charge in [-0.2, -0.15) is 0 Å². The molecule has 1 heterocycles. The van der Waals surface area contributed by atoms with Gasteiger partial charge in [0.25, 0.3) is 5.69 Å². The highest BCUT2D eigenvalue weighted by Gasteiger charge is 2.24. The number of fused-ring (bicyclic) bond motifs is 1. The third kappa shape index (κ3) is 3.02. The molecule has 0 unspecified atom stereocenters. The van der Waals surface area contributed by atoms with Crippen LogP contribution < -0.4 is 5.32 Å². The molecule has 1 aliphatic heterocycles. The molecule has 0 aliphatic carbocycles. The van der Waals surface area contributed by atoms with Crippen molar-refractivity contribution >= 4 is 35.0 Å². The number of nitro groups is 1. The quantitative estimate of drug-likeness (QED) is 0.483. The Morgan fingerprint density at radius 1 is 1.53 bits per heavy atom. The maximum absolute atomic E-state index is 11.2. The highest BCUT2D eigenvalue weighted by atomic mass is 32.2. The van der Waals surface area contributed by atoms with Crippen LogP contribution in [0.4, 0.5) is 11.4 Å². The lowest BCUT2D eigenvalue weighted by Crippen LogP contribution is -2.03. The zero-order valence-corrected chi connectivity index (χ0v) is 10.5. The molecule has 1 aliphatic rings. The van der Waals surface area contributed by atoms with Crippen molar-refractivity contribution in [2.45, 2.75) is 17.7 Å². The number of rotatable bonds is 5. The first kappa shape index (κ1) is 13.3. The summed E-state index contributed by atoms with van der Waals surface area (Å²) in [6, 6.07) is 2.90. The highest BCUT2D eigenvalue weighted by Crippen LogP contribution is 2.36. The van der Waals surface area contributed by atoms with E-state index in [4.69, 9.17) is 5.11 Å². The van der Waals surface area contributed by atoms with E-state index in [1.807, 2.05) is 0 Å². The van der Waals surface area contributed by atoms with Gasteiger partial charge in [-0.3, -0.25) is 19.7 Å². The molecule has 0 saturated heterocycles. The smallest absolute Gasteiger partial charge is 0.304 e. The zero-order valence-electron chi connectivity index (χ0n) is 9.71. The minimum atomic E-state index is -0.954. The van der Waals surface area contributed by atoms with E-state index in [2.05, 4.69) is 5.32 Å². The summed E-state index contributed by atoms with van der Waals surface area (Å²) in [5.41, 5.74) is 1.07. The molecule has 2 rings (SSSR count). The molecule has 0 saturated carbocycles. The van der Waals surface area contributed by atoms with Crippen molar-refractivity contribution in [3.05, 3.63) is 27.8 Å².